The smallest absolute Gasteiger partial charge is 0.317 e. The van der Waals surface area contributed by atoms with Gasteiger partial charge in [0.05, 0.1) is 7.11 Å². The molecule has 0 aromatic carbocycles. The van der Waals surface area contributed by atoms with Crippen molar-refractivity contribution in [1.29, 1.82) is 0 Å². The van der Waals surface area contributed by atoms with E-state index in [1.54, 1.807) is 0 Å². The molecule has 0 aliphatic carbocycles. The van der Waals surface area contributed by atoms with Crippen LogP contribution in [-0.4, -0.2) is 42.4 Å². The third kappa shape index (κ3) is 2.78. The molecule has 0 saturated carbocycles. The molecular weight excluding hydrogens is 194 g/mol. The molecule has 1 fully saturated rings. The van der Waals surface area contributed by atoms with Crippen molar-refractivity contribution < 1.29 is 14.3 Å². The Bertz CT molecular complexity index is 259. The number of hydrogen-bond acceptors (Lipinski definition) is 4. The van der Waals surface area contributed by atoms with E-state index in [4.69, 9.17) is 0 Å². The molecule has 4 heteroatoms. The largest absolute Gasteiger partial charge is 0.468 e. The van der Waals surface area contributed by atoms with Crippen LogP contribution >= 0.6 is 0 Å². The van der Waals surface area contributed by atoms with E-state index in [2.05, 4.69) is 30.4 Å². The highest BCUT2D eigenvalue weighted by molar-refractivity contribution is 5.99. The standard InChI is InChI=1S/C11H19NO3/c1-11(2,3)12-6-5-9(13)8(7-12)10(14)15-4/h8H,5-7H2,1-4H3. The highest BCUT2D eigenvalue weighted by Crippen LogP contribution is 2.22. The number of methoxy groups -OCH3 is 1. The van der Waals surface area contributed by atoms with Crippen LogP contribution in [0, 0.1) is 5.92 Å². The molecule has 1 rings (SSSR count). The summed E-state index contributed by atoms with van der Waals surface area (Å²) in [4.78, 5) is 25.1. The Balaban J connectivity index is 2.72. The molecule has 0 amide bonds. The number of carbonyl (C=O) groups is 2. The summed E-state index contributed by atoms with van der Waals surface area (Å²) in [6.07, 6.45) is 0.442. The Hall–Kier alpha value is -0.900. The van der Waals surface area contributed by atoms with Crippen LogP contribution < -0.4 is 0 Å². The third-order valence-electron chi connectivity index (χ3n) is 2.85. The summed E-state index contributed by atoms with van der Waals surface area (Å²) in [7, 11) is 1.33. The van der Waals surface area contributed by atoms with Crippen molar-refractivity contribution in [2.45, 2.75) is 32.7 Å². The first-order valence-electron chi connectivity index (χ1n) is 5.22. The summed E-state index contributed by atoms with van der Waals surface area (Å²) >= 11 is 0. The van der Waals surface area contributed by atoms with Gasteiger partial charge in [0.2, 0.25) is 0 Å². The van der Waals surface area contributed by atoms with Crippen LogP contribution in [-0.2, 0) is 14.3 Å². The average Bonchev–Trinajstić information content (AvgIpc) is 2.15. The van der Waals surface area contributed by atoms with Crippen LogP contribution in [0.3, 0.4) is 0 Å². The number of Topliss-reactive ketones (excluding diaryl/α,β-unsaturated/α-hetero) is 1. The van der Waals surface area contributed by atoms with E-state index in [0.717, 1.165) is 6.54 Å². The number of rotatable bonds is 1. The van der Waals surface area contributed by atoms with Crippen molar-refractivity contribution in [1.82, 2.24) is 4.90 Å². The maximum Gasteiger partial charge on any atom is 0.317 e. The van der Waals surface area contributed by atoms with Crippen molar-refractivity contribution in [2.24, 2.45) is 5.92 Å². The number of carbonyl (C=O) groups excluding carboxylic acids is 2. The quantitative estimate of drug-likeness (QED) is 0.478. The highest BCUT2D eigenvalue weighted by atomic mass is 16.5. The van der Waals surface area contributed by atoms with Crippen LogP contribution in [0.2, 0.25) is 0 Å². The Morgan fingerprint density at radius 3 is 2.53 bits per heavy atom. The summed E-state index contributed by atoms with van der Waals surface area (Å²) in [6, 6.07) is 0. The second-order valence-corrected chi connectivity index (χ2v) is 4.91. The van der Waals surface area contributed by atoms with Gasteiger partial charge in [-0.05, 0) is 20.8 Å². The molecule has 1 aliphatic heterocycles. The zero-order chi connectivity index (χ0) is 11.6. The number of hydrogen-bond donors (Lipinski definition) is 0. The molecule has 0 aromatic heterocycles. The van der Waals surface area contributed by atoms with Gasteiger partial charge in [-0.2, -0.15) is 0 Å². The minimum absolute atomic E-state index is 0.00218. The lowest BCUT2D eigenvalue weighted by Crippen LogP contribution is -2.52. The number of likely N-dealkylation sites (tertiary alicyclic amines) is 1. The highest BCUT2D eigenvalue weighted by Gasteiger charge is 2.37. The lowest BCUT2D eigenvalue weighted by molar-refractivity contribution is -0.152. The van der Waals surface area contributed by atoms with Gasteiger partial charge < -0.3 is 4.74 Å². The van der Waals surface area contributed by atoms with Gasteiger partial charge >= 0.3 is 5.97 Å². The Labute approximate surface area is 90.6 Å². The monoisotopic (exact) mass is 213 g/mol. The molecule has 0 radical (unpaired) electrons. The minimum atomic E-state index is -0.594. The van der Waals surface area contributed by atoms with E-state index in [0.29, 0.717) is 13.0 Å². The predicted octanol–water partition coefficient (Wildman–Crippen LogP) is 0.849. The van der Waals surface area contributed by atoms with Gasteiger partial charge in [0, 0.05) is 25.0 Å². The van der Waals surface area contributed by atoms with E-state index in [1.165, 1.54) is 7.11 Å². The minimum Gasteiger partial charge on any atom is -0.468 e. The topological polar surface area (TPSA) is 46.6 Å². The van der Waals surface area contributed by atoms with Gasteiger partial charge in [-0.1, -0.05) is 0 Å². The molecular formula is C11H19NO3. The van der Waals surface area contributed by atoms with E-state index < -0.39 is 11.9 Å². The maximum absolute atomic E-state index is 11.5. The van der Waals surface area contributed by atoms with Crippen LogP contribution in [0.25, 0.3) is 0 Å². The van der Waals surface area contributed by atoms with Gasteiger partial charge in [-0.3, -0.25) is 14.5 Å². The van der Waals surface area contributed by atoms with Crippen molar-refractivity contribution >= 4 is 11.8 Å². The first-order valence-corrected chi connectivity index (χ1v) is 5.22. The van der Waals surface area contributed by atoms with Crippen LogP contribution in [0.15, 0.2) is 0 Å². The first-order chi connectivity index (χ1) is 6.86. The second-order valence-electron chi connectivity index (χ2n) is 4.91. The molecule has 0 N–H and O–H groups in total. The Morgan fingerprint density at radius 1 is 1.47 bits per heavy atom. The molecule has 1 heterocycles. The number of nitrogens with zero attached hydrogens (tertiary/aromatic N) is 1. The van der Waals surface area contributed by atoms with E-state index in [9.17, 15) is 9.59 Å². The van der Waals surface area contributed by atoms with Crippen LogP contribution in [0.1, 0.15) is 27.2 Å². The van der Waals surface area contributed by atoms with Crippen molar-refractivity contribution in [3.63, 3.8) is 0 Å². The lowest BCUT2D eigenvalue weighted by atomic mass is 9.92. The molecule has 1 saturated heterocycles. The molecule has 0 spiro atoms. The zero-order valence-electron chi connectivity index (χ0n) is 9.87. The van der Waals surface area contributed by atoms with Gasteiger partial charge in [0.1, 0.15) is 11.7 Å². The average molecular weight is 213 g/mol. The van der Waals surface area contributed by atoms with Gasteiger partial charge in [-0.15, -0.1) is 0 Å². The fourth-order valence-electron chi connectivity index (χ4n) is 1.79. The molecule has 1 atom stereocenters. The van der Waals surface area contributed by atoms with Gasteiger partial charge in [0.25, 0.3) is 0 Å². The normalized spacial score (nSPS) is 24.0. The molecule has 15 heavy (non-hydrogen) atoms. The summed E-state index contributed by atoms with van der Waals surface area (Å²) in [5.74, 6) is -1.00. The Morgan fingerprint density at radius 2 is 2.07 bits per heavy atom. The zero-order valence-corrected chi connectivity index (χ0v) is 9.87. The van der Waals surface area contributed by atoms with Crippen LogP contribution in [0.5, 0.6) is 0 Å². The van der Waals surface area contributed by atoms with Crippen LogP contribution in [0.4, 0.5) is 0 Å². The SMILES string of the molecule is COC(=O)C1CN(C(C)(C)C)CCC1=O. The van der Waals surface area contributed by atoms with E-state index >= 15 is 0 Å². The van der Waals surface area contributed by atoms with Gasteiger partial charge in [-0.25, -0.2) is 0 Å². The number of ketones is 1. The summed E-state index contributed by atoms with van der Waals surface area (Å²) < 4.78 is 4.63. The molecule has 1 aliphatic rings. The number of ether oxygens (including phenoxy) is 1. The Kier molecular flexibility index (Phi) is 3.50. The molecule has 0 aromatic rings. The number of piperidine rings is 1. The maximum atomic E-state index is 11.5. The lowest BCUT2D eigenvalue weighted by Gasteiger charge is -2.40. The summed E-state index contributed by atoms with van der Waals surface area (Å²) in [5.41, 5.74) is -0.00697. The predicted molar refractivity (Wildman–Crippen MR) is 56.5 cm³/mol. The third-order valence-corrected chi connectivity index (χ3v) is 2.85. The van der Waals surface area contributed by atoms with Crippen molar-refractivity contribution in [3.8, 4) is 0 Å². The number of esters is 1. The van der Waals surface area contributed by atoms with E-state index in [1.807, 2.05) is 0 Å². The fourth-order valence-corrected chi connectivity index (χ4v) is 1.79. The second kappa shape index (κ2) is 4.31. The summed E-state index contributed by atoms with van der Waals surface area (Å²) in [6.45, 7) is 7.45. The molecule has 86 valence electrons. The molecule has 1 unspecified atom stereocenters. The summed E-state index contributed by atoms with van der Waals surface area (Å²) in [5, 5.41) is 0. The first kappa shape index (κ1) is 12.2. The van der Waals surface area contributed by atoms with E-state index in [-0.39, 0.29) is 11.3 Å². The molecule has 0 bridgehead atoms. The van der Waals surface area contributed by atoms with Crippen molar-refractivity contribution in [3.05, 3.63) is 0 Å². The fraction of sp³-hybridized carbons (Fsp3) is 0.818. The molecule has 4 nitrogen and oxygen atoms in total. The van der Waals surface area contributed by atoms with Gasteiger partial charge in [0.15, 0.2) is 0 Å². The van der Waals surface area contributed by atoms with Crippen molar-refractivity contribution in [2.75, 3.05) is 20.2 Å².